The van der Waals surface area contributed by atoms with Gasteiger partial charge in [-0.1, -0.05) is 19.9 Å². The predicted molar refractivity (Wildman–Crippen MR) is 60.4 cm³/mol. The average molecular weight is 207 g/mol. The van der Waals surface area contributed by atoms with Gasteiger partial charge in [-0.15, -0.1) is 0 Å². The van der Waals surface area contributed by atoms with Crippen molar-refractivity contribution < 1.29 is 6.22 Å². The Kier molecular flexibility index (Phi) is 6.56. The van der Waals surface area contributed by atoms with Gasteiger partial charge in [0.2, 0.25) is 0 Å². The molecule has 0 unspecified atom stereocenters. The molecule has 1 rings (SSSR count). The van der Waals surface area contributed by atoms with Crippen LogP contribution in [0.5, 0.6) is 0 Å². The van der Waals surface area contributed by atoms with Gasteiger partial charge < -0.3 is 5.32 Å². The van der Waals surface area contributed by atoms with E-state index in [1.54, 1.807) is 18.2 Å². The van der Waals surface area contributed by atoms with Crippen LogP contribution in [0.4, 0.5) is 0 Å². The van der Waals surface area contributed by atoms with Crippen molar-refractivity contribution in [1.82, 2.24) is 10.3 Å². The fraction of sp³-hybridized carbons (Fsp3) is 0.364. The number of hydrogen-bond donors (Lipinski definition) is 1. The minimum absolute atomic E-state index is 0. The fourth-order valence-electron chi connectivity index (χ4n) is 0.875. The zero-order valence-electron chi connectivity index (χ0n) is 9.24. The lowest BCUT2D eigenvalue weighted by Gasteiger charge is -2.00. The Bertz CT molecular complexity index is 360. The van der Waals surface area contributed by atoms with Gasteiger partial charge in [0.15, 0.2) is 0 Å². The second-order valence-electron chi connectivity index (χ2n) is 2.38. The predicted octanol–water partition coefficient (Wildman–Crippen LogP) is 1.98. The van der Waals surface area contributed by atoms with Crippen LogP contribution in [0.1, 0.15) is 38.4 Å². The van der Waals surface area contributed by atoms with E-state index in [9.17, 15) is 4.79 Å². The molecular formula is C11H17N3O. The number of hydrogen-bond acceptors (Lipinski definition) is 3. The van der Waals surface area contributed by atoms with Crippen LogP contribution in [0.25, 0.3) is 0 Å². The van der Waals surface area contributed by atoms with Crippen LogP contribution in [0, 0.1) is 11.3 Å². The number of nitriles is 1. The summed E-state index contributed by atoms with van der Waals surface area (Å²) in [6.07, 6.45) is 0. The van der Waals surface area contributed by atoms with Crippen molar-refractivity contribution in [2.24, 2.45) is 0 Å². The molecule has 15 heavy (non-hydrogen) atoms. The molecule has 0 fully saturated rings. The van der Waals surface area contributed by atoms with E-state index in [0.29, 0.717) is 6.54 Å². The van der Waals surface area contributed by atoms with Gasteiger partial charge in [0.05, 0.1) is 0 Å². The summed E-state index contributed by atoms with van der Waals surface area (Å²) in [6.45, 7) is 6.38. The van der Waals surface area contributed by atoms with Crippen LogP contribution in [-0.2, 0) is 0 Å². The number of pyridine rings is 1. The molecule has 0 spiro atoms. The van der Waals surface area contributed by atoms with E-state index in [2.05, 4.69) is 10.3 Å². The first-order valence-electron chi connectivity index (χ1n) is 4.93. The first kappa shape index (κ1) is 13.1. The first-order chi connectivity index (χ1) is 7.27. The van der Waals surface area contributed by atoms with E-state index in [1.165, 1.54) is 0 Å². The Balaban J connectivity index is 0. The Morgan fingerprint density at radius 1 is 1.60 bits per heavy atom. The third-order valence-corrected chi connectivity index (χ3v) is 1.43. The fourth-order valence-corrected chi connectivity index (χ4v) is 0.875. The maximum atomic E-state index is 11.2. The maximum Gasteiger partial charge on any atom is 0.269 e. The van der Waals surface area contributed by atoms with Gasteiger partial charge in [0.25, 0.3) is 5.91 Å². The highest BCUT2D eigenvalue weighted by Crippen LogP contribution is 1.97. The van der Waals surface area contributed by atoms with E-state index in [0.717, 1.165) is 0 Å². The Morgan fingerprint density at radius 3 is 2.80 bits per heavy atom. The molecule has 0 aliphatic rings. The molecule has 1 N–H and O–H groups in total. The third-order valence-electron chi connectivity index (χ3n) is 1.43. The molecule has 0 aromatic carbocycles. The van der Waals surface area contributed by atoms with E-state index in [-0.39, 0.29) is 18.7 Å². The first-order valence-corrected chi connectivity index (χ1v) is 4.93. The molecule has 4 heteroatoms. The molecule has 1 aromatic rings. The number of aromatic nitrogens is 1. The monoisotopic (exact) mass is 207 g/mol. The molecule has 1 heterocycles. The largest absolute Gasteiger partial charge is 0.351 e. The molecule has 0 bridgehead atoms. The van der Waals surface area contributed by atoms with Crippen molar-refractivity contribution in [2.75, 3.05) is 6.54 Å². The molecule has 0 radical (unpaired) electrons. The van der Waals surface area contributed by atoms with Crippen molar-refractivity contribution in [3.05, 3.63) is 29.6 Å². The van der Waals surface area contributed by atoms with Crippen LogP contribution in [-0.4, -0.2) is 17.4 Å². The molecule has 0 aliphatic carbocycles. The number of carbonyl (C=O) groups excluding carboxylic acids is 1. The van der Waals surface area contributed by atoms with Gasteiger partial charge in [-0.25, -0.2) is 4.98 Å². The molecule has 0 saturated heterocycles. The Hall–Kier alpha value is -1.89. The molecule has 0 atom stereocenters. The molecule has 4 nitrogen and oxygen atoms in total. The summed E-state index contributed by atoms with van der Waals surface area (Å²) in [7, 11) is 0. The van der Waals surface area contributed by atoms with Crippen LogP contribution >= 0.6 is 0 Å². The van der Waals surface area contributed by atoms with E-state index >= 15 is 0 Å². The van der Waals surface area contributed by atoms with Crippen LogP contribution in [0.3, 0.4) is 0 Å². The minimum atomic E-state index is -0.250. The average Bonchev–Trinajstić information content (AvgIpc) is 2.32. The molecule has 0 saturated carbocycles. The van der Waals surface area contributed by atoms with Gasteiger partial charge in [-0.3, -0.25) is 4.79 Å². The van der Waals surface area contributed by atoms with Gasteiger partial charge in [-0.2, -0.15) is 5.26 Å². The van der Waals surface area contributed by atoms with Crippen molar-refractivity contribution in [2.45, 2.75) is 20.8 Å². The zero-order valence-corrected chi connectivity index (χ0v) is 9.24. The standard InChI is InChI=1S/C9H9N3O.C2H6.H2/c1-2-11-9(13)8-5-3-4-7(6-10)12-8;1-2;/h3-5H,2H2,1H3,(H,11,13);1-2H3;1H. The van der Waals surface area contributed by atoms with Crippen LogP contribution in [0.15, 0.2) is 18.2 Å². The highest BCUT2D eigenvalue weighted by Gasteiger charge is 2.05. The summed E-state index contributed by atoms with van der Waals surface area (Å²) in [5.41, 5.74) is 0.532. The summed E-state index contributed by atoms with van der Waals surface area (Å²) in [6, 6.07) is 6.64. The van der Waals surface area contributed by atoms with E-state index < -0.39 is 0 Å². The number of carbonyl (C=O) groups is 1. The summed E-state index contributed by atoms with van der Waals surface area (Å²) in [5.74, 6) is -0.250. The van der Waals surface area contributed by atoms with Gasteiger partial charge in [0.1, 0.15) is 17.5 Å². The summed E-state index contributed by atoms with van der Waals surface area (Å²) in [4.78, 5) is 15.1. The summed E-state index contributed by atoms with van der Waals surface area (Å²) < 4.78 is 0. The Labute approximate surface area is 91.4 Å². The van der Waals surface area contributed by atoms with Crippen LogP contribution < -0.4 is 5.32 Å². The van der Waals surface area contributed by atoms with Crippen molar-refractivity contribution in [1.29, 1.82) is 5.26 Å². The molecule has 82 valence electrons. The number of nitrogens with zero attached hydrogens (tertiary/aromatic N) is 2. The summed E-state index contributed by atoms with van der Waals surface area (Å²) in [5, 5.41) is 11.1. The lowest BCUT2D eigenvalue weighted by atomic mass is 10.3. The zero-order chi connectivity index (χ0) is 11.7. The maximum absolute atomic E-state index is 11.2. The lowest BCUT2D eigenvalue weighted by molar-refractivity contribution is 0.0951. The van der Waals surface area contributed by atoms with Gasteiger partial charge in [-0.05, 0) is 19.1 Å². The quantitative estimate of drug-likeness (QED) is 0.806. The number of amides is 1. The van der Waals surface area contributed by atoms with Crippen molar-refractivity contribution in [3.63, 3.8) is 0 Å². The van der Waals surface area contributed by atoms with Crippen LogP contribution in [0.2, 0.25) is 0 Å². The second kappa shape index (κ2) is 7.51. The molecule has 0 aliphatic heterocycles. The van der Waals surface area contributed by atoms with Gasteiger partial charge >= 0.3 is 0 Å². The number of nitrogens with one attached hydrogen (secondary N) is 1. The SMILES string of the molecule is CC.CCNC(=O)c1cccc(C#N)n1.[HH]. The second-order valence-corrected chi connectivity index (χ2v) is 2.38. The van der Waals surface area contributed by atoms with E-state index in [1.807, 2.05) is 26.8 Å². The smallest absolute Gasteiger partial charge is 0.269 e. The topological polar surface area (TPSA) is 65.8 Å². The van der Waals surface area contributed by atoms with E-state index in [4.69, 9.17) is 5.26 Å². The highest BCUT2D eigenvalue weighted by molar-refractivity contribution is 5.92. The minimum Gasteiger partial charge on any atom is -0.351 e. The van der Waals surface area contributed by atoms with Crippen molar-refractivity contribution >= 4 is 5.91 Å². The molecule has 1 amide bonds. The Morgan fingerprint density at radius 2 is 2.27 bits per heavy atom. The molecular weight excluding hydrogens is 190 g/mol. The van der Waals surface area contributed by atoms with Gasteiger partial charge in [0, 0.05) is 7.97 Å². The molecule has 1 aromatic heterocycles. The summed E-state index contributed by atoms with van der Waals surface area (Å²) >= 11 is 0. The lowest BCUT2D eigenvalue weighted by Crippen LogP contribution is -2.23. The highest BCUT2D eigenvalue weighted by atomic mass is 16.1. The number of rotatable bonds is 2. The normalized spacial score (nSPS) is 8.13. The third kappa shape index (κ3) is 4.23. The van der Waals surface area contributed by atoms with Crippen molar-refractivity contribution in [3.8, 4) is 6.07 Å².